The molecular formula is C27H42N4O4. The lowest BCUT2D eigenvalue weighted by atomic mass is 9.70. The topological polar surface area (TPSA) is 122 Å². The van der Waals surface area contributed by atoms with Gasteiger partial charge in [0.25, 0.3) is 5.91 Å². The van der Waals surface area contributed by atoms with Crippen molar-refractivity contribution < 1.29 is 19.2 Å². The number of piperidine rings is 1. The zero-order chi connectivity index (χ0) is 26.0. The van der Waals surface area contributed by atoms with Crippen LogP contribution in [0.4, 0.5) is 0 Å². The number of hydrogen-bond acceptors (Lipinski definition) is 5. The molecule has 1 unspecified atom stereocenters. The van der Waals surface area contributed by atoms with Gasteiger partial charge in [0, 0.05) is 19.5 Å². The first-order chi connectivity index (χ1) is 16.5. The summed E-state index contributed by atoms with van der Waals surface area (Å²) in [6, 6.07) is -2.41. The molecule has 0 radical (unpaired) electrons. The van der Waals surface area contributed by atoms with Gasteiger partial charge in [-0.05, 0) is 48.3 Å². The minimum absolute atomic E-state index is 0.00452. The van der Waals surface area contributed by atoms with Gasteiger partial charge in [0.05, 0.1) is 12.1 Å². The Bertz CT molecular complexity index is 886. The van der Waals surface area contributed by atoms with Crippen molar-refractivity contribution >= 4 is 23.5 Å². The zero-order valence-corrected chi connectivity index (χ0v) is 21.7. The van der Waals surface area contributed by atoms with E-state index in [1.165, 1.54) is 0 Å². The Balaban J connectivity index is 1.78. The number of fused-ring (bicyclic) bond motifs is 1. The van der Waals surface area contributed by atoms with Gasteiger partial charge in [-0.25, -0.2) is 0 Å². The van der Waals surface area contributed by atoms with Gasteiger partial charge >= 0.3 is 0 Å². The molecule has 3 rings (SSSR count). The number of carbonyl (C=O) groups excluding carboxylic acids is 4. The number of Topliss-reactive ketones (excluding diaryl/α,β-unsaturated/α-hetero) is 1. The van der Waals surface area contributed by atoms with Crippen molar-refractivity contribution in [1.29, 1.82) is 0 Å². The van der Waals surface area contributed by atoms with Crippen LogP contribution in [0.15, 0.2) is 0 Å². The summed E-state index contributed by atoms with van der Waals surface area (Å²) in [5.74, 6) is 0.640. The van der Waals surface area contributed by atoms with E-state index in [0.29, 0.717) is 19.5 Å². The number of terminal acetylenes is 1. The maximum atomic E-state index is 13.6. The van der Waals surface area contributed by atoms with E-state index in [1.54, 1.807) is 4.90 Å². The molecule has 0 aromatic heterocycles. The average molecular weight is 487 g/mol. The first-order valence-electron chi connectivity index (χ1n) is 13.1. The van der Waals surface area contributed by atoms with Crippen LogP contribution in [0.1, 0.15) is 79.1 Å². The van der Waals surface area contributed by atoms with Crippen LogP contribution in [-0.4, -0.2) is 59.6 Å². The number of ketones is 1. The number of nitrogens with zero attached hydrogens (tertiary/aromatic N) is 1. The highest BCUT2D eigenvalue weighted by Crippen LogP contribution is 2.65. The lowest BCUT2D eigenvalue weighted by molar-refractivity contribution is -0.145. The van der Waals surface area contributed by atoms with E-state index in [2.05, 4.69) is 37.3 Å². The summed E-state index contributed by atoms with van der Waals surface area (Å²) in [5.41, 5.74) is 6.19. The molecule has 1 saturated heterocycles. The molecule has 3 fully saturated rings. The zero-order valence-electron chi connectivity index (χ0n) is 21.7. The molecule has 0 bridgehead atoms. The van der Waals surface area contributed by atoms with Crippen LogP contribution in [-0.2, 0) is 19.2 Å². The molecule has 3 aliphatic rings. The standard InChI is InChI=1S/C27H42N4O4/c1-6-8-12-18(21(32)24(34)29-15-7-2)30-23(33)20-19-17(26(19,3)4)16-31(20)25(35)22(28)27(5)13-10-9-11-14-27/h1,17-20,22H,7-16,28H2,2-5H3,(H,29,34)(H,30,33)/t17-,18?,19-,20-,22+/m0/s1. The average Bonchev–Trinajstić information content (AvgIpc) is 3.17. The Morgan fingerprint density at radius 3 is 2.40 bits per heavy atom. The Hall–Kier alpha value is -2.40. The predicted molar refractivity (Wildman–Crippen MR) is 134 cm³/mol. The Morgan fingerprint density at radius 2 is 1.80 bits per heavy atom. The maximum Gasteiger partial charge on any atom is 0.289 e. The second kappa shape index (κ2) is 10.7. The summed E-state index contributed by atoms with van der Waals surface area (Å²) in [6.07, 6.45) is 11.6. The van der Waals surface area contributed by atoms with Crippen LogP contribution in [0.25, 0.3) is 0 Å². The molecule has 194 valence electrons. The summed E-state index contributed by atoms with van der Waals surface area (Å²) in [4.78, 5) is 54.0. The summed E-state index contributed by atoms with van der Waals surface area (Å²) in [6.45, 7) is 9.03. The van der Waals surface area contributed by atoms with Gasteiger partial charge in [0.1, 0.15) is 6.04 Å². The molecule has 35 heavy (non-hydrogen) atoms. The number of carbonyl (C=O) groups is 4. The summed E-state index contributed by atoms with van der Waals surface area (Å²) in [7, 11) is 0. The van der Waals surface area contributed by atoms with Crippen molar-refractivity contribution in [3.05, 3.63) is 0 Å². The third-order valence-electron chi connectivity index (χ3n) is 8.74. The largest absolute Gasteiger partial charge is 0.349 e. The molecule has 1 heterocycles. The second-order valence-corrected chi connectivity index (χ2v) is 11.5. The molecule has 2 aliphatic carbocycles. The van der Waals surface area contributed by atoms with E-state index in [0.717, 1.165) is 32.1 Å². The molecule has 1 aliphatic heterocycles. The van der Waals surface area contributed by atoms with Gasteiger partial charge < -0.3 is 21.3 Å². The summed E-state index contributed by atoms with van der Waals surface area (Å²) >= 11 is 0. The van der Waals surface area contributed by atoms with Crippen molar-refractivity contribution in [3.8, 4) is 12.3 Å². The number of hydrogen-bond donors (Lipinski definition) is 3. The van der Waals surface area contributed by atoms with Crippen molar-refractivity contribution in [2.75, 3.05) is 13.1 Å². The molecule has 8 nitrogen and oxygen atoms in total. The van der Waals surface area contributed by atoms with E-state index in [9.17, 15) is 19.2 Å². The van der Waals surface area contributed by atoms with Gasteiger partial charge in [0.15, 0.2) is 0 Å². The monoisotopic (exact) mass is 486 g/mol. The fourth-order valence-electron chi connectivity index (χ4n) is 6.20. The van der Waals surface area contributed by atoms with Crippen LogP contribution in [0.5, 0.6) is 0 Å². The van der Waals surface area contributed by atoms with E-state index in [1.807, 2.05) is 6.92 Å². The third-order valence-corrected chi connectivity index (χ3v) is 8.74. The van der Waals surface area contributed by atoms with Crippen LogP contribution in [0.2, 0.25) is 0 Å². The van der Waals surface area contributed by atoms with Gasteiger partial charge in [-0.2, -0.15) is 0 Å². The summed E-state index contributed by atoms with van der Waals surface area (Å²) in [5, 5.41) is 5.35. The normalized spacial score (nSPS) is 27.7. The van der Waals surface area contributed by atoms with Gasteiger partial charge in [-0.3, -0.25) is 19.2 Å². The Kier molecular flexibility index (Phi) is 8.31. The quantitative estimate of drug-likeness (QED) is 0.321. The number of amides is 3. The SMILES string of the molecule is C#CCCC(NC(=O)[C@@H]1[C@@H]2[C@H](CN1C(=O)[C@@H](N)C1(C)CCCCC1)C2(C)C)C(=O)C(=O)NCCC. The predicted octanol–water partition coefficient (Wildman–Crippen LogP) is 1.76. The van der Waals surface area contributed by atoms with Crippen molar-refractivity contribution in [2.24, 2.45) is 28.4 Å². The minimum atomic E-state index is -1.03. The number of nitrogens with two attached hydrogens (primary N) is 1. The first kappa shape index (κ1) is 27.2. The van der Waals surface area contributed by atoms with E-state index in [4.69, 9.17) is 12.2 Å². The molecule has 0 spiro atoms. The van der Waals surface area contributed by atoms with Crippen LogP contribution in [0, 0.1) is 35.0 Å². The number of nitrogens with one attached hydrogen (secondary N) is 2. The van der Waals surface area contributed by atoms with Crippen molar-refractivity contribution in [2.45, 2.75) is 97.2 Å². The molecular weight excluding hydrogens is 444 g/mol. The molecule has 5 atom stereocenters. The minimum Gasteiger partial charge on any atom is -0.349 e. The lowest BCUT2D eigenvalue weighted by Crippen LogP contribution is -2.59. The number of rotatable bonds is 10. The molecule has 2 saturated carbocycles. The fourth-order valence-corrected chi connectivity index (χ4v) is 6.20. The molecule has 0 aromatic carbocycles. The highest BCUT2D eigenvalue weighted by molar-refractivity contribution is 6.38. The van der Waals surface area contributed by atoms with E-state index < -0.39 is 35.7 Å². The van der Waals surface area contributed by atoms with Crippen LogP contribution >= 0.6 is 0 Å². The molecule has 3 amide bonds. The van der Waals surface area contributed by atoms with Gasteiger partial charge in [-0.15, -0.1) is 12.3 Å². The molecule has 0 aromatic rings. The maximum absolute atomic E-state index is 13.6. The summed E-state index contributed by atoms with van der Waals surface area (Å²) < 4.78 is 0. The second-order valence-electron chi connectivity index (χ2n) is 11.5. The highest BCUT2D eigenvalue weighted by atomic mass is 16.2. The number of likely N-dealkylation sites (tertiary alicyclic amines) is 1. The fraction of sp³-hybridized carbons (Fsp3) is 0.778. The van der Waals surface area contributed by atoms with Gasteiger partial charge in [-0.1, -0.05) is 47.0 Å². The van der Waals surface area contributed by atoms with Gasteiger partial charge in [0.2, 0.25) is 17.6 Å². The molecule has 4 N–H and O–H groups in total. The Labute approximate surface area is 209 Å². The highest BCUT2D eigenvalue weighted by Gasteiger charge is 2.69. The van der Waals surface area contributed by atoms with E-state index >= 15 is 0 Å². The Morgan fingerprint density at radius 1 is 1.14 bits per heavy atom. The van der Waals surface area contributed by atoms with Crippen LogP contribution in [0.3, 0.4) is 0 Å². The smallest absolute Gasteiger partial charge is 0.289 e. The molecule has 8 heteroatoms. The first-order valence-corrected chi connectivity index (χ1v) is 13.1. The van der Waals surface area contributed by atoms with Crippen molar-refractivity contribution in [3.63, 3.8) is 0 Å². The third kappa shape index (κ3) is 5.40. The van der Waals surface area contributed by atoms with E-state index in [-0.39, 0.29) is 41.4 Å². The van der Waals surface area contributed by atoms with Crippen molar-refractivity contribution in [1.82, 2.24) is 15.5 Å². The van der Waals surface area contributed by atoms with Crippen LogP contribution < -0.4 is 16.4 Å². The lowest BCUT2D eigenvalue weighted by Gasteiger charge is -2.41.